The van der Waals surface area contributed by atoms with Crippen molar-refractivity contribution in [2.75, 3.05) is 20.3 Å². The minimum absolute atomic E-state index is 0.00835. The van der Waals surface area contributed by atoms with Crippen LogP contribution in [0, 0.1) is 0 Å². The minimum Gasteiger partial charge on any atom is -0.477 e. The van der Waals surface area contributed by atoms with Crippen LogP contribution in [0.5, 0.6) is 0 Å². The number of thiophene rings is 1. The third-order valence-electron chi connectivity index (χ3n) is 2.60. The summed E-state index contributed by atoms with van der Waals surface area (Å²) in [4.78, 5) is 10.8. The molecule has 0 fully saturated rings. The molecule has 0 aromatic carbocycles. The Bertz CT molecular complexity index is 537. The van der Waals surface area contributed by atoms with E-state index in [-0.39, 0.29) is 22.4 Å². The van der Waals surface area contributed by atoms with Crippen LogP contribution >= 0.6 is 11.3 Å². The summed E-state index contributed by atoms with van der Waals surface area (Å²) in [6.45, 7) is 4.05. The maximum Gasteiger partial charge on any atom is 0.345 e. The van der Waals surface area contributed by atoms with Gasteiger partial charge >= 0.3 is 5.97 Å². The number of carboxylic acid groups (broad SMARTS) is 1. The SMILES string of the molecule is CCN(C(C)COC)S(=O)(=O)c1csc(C(=O)O)c1. The van der Waals surface area contributed by atoms with Gasteiger partial charge in [0.05, 0.1) is 11.5 Å². The smallest absolute Gasteiger partial charge is 0.345 e. The van der Waals surface area contributed by atoms with Gasteiger partial charge in [-0.05, 0) is 13.0 Å². The molecule has 0 aliphatic rings. The monoisotopic (exact) mass is 307 g/mol. The van der Waals surface area contributed by atoms with Crippen molar-refractivity contribution in [1.29, 1.82) is 0 Å². The fraction of sp³-hybridized carbons (Fsp3) is 0.545. The van der Waals surface area contributed by atoms with Crippen LogP contribution in [0.25, 0.3) is 0 Å². The Labute approximate surface area is 116 Å². The number of ether oxygens (including phenoxy) is 1. The minimum atomic E-state index is -3.68. The van der Waals surface area contributed by atoms with Crippen molar-refractivity contribution in [3.8, 4) is 0 Å². The molecule has 0 aliphatic heterocycles. The fourth-order valence-electron chi connectivity index (χ4n) is 1.74. The van der Waals surface area contributed by atoms with Gasteiger partial charge in [-0.25, -0.2) is 13.2 Å². The van der Waals surface area contributed by atoms with E-state index in [1.807, 2.05) is 0 Å². The van der Waals surface area contributed by atoms with E-state index in [4.69, 9.17) is 9.84 Å². The molecular formula is C11H17NO5S2. The summed E-state index contributed by atoms with van der Waals surface area (Å²) in [6, 6.07) is 0.873. The van der Waals surface area contributed by atoms with Gasteiger partial charge in [0.15, 0.2) is 0 Å². The summed E-state index contributed by atoms with van der Waals surface area (Å²) in [5.41, 5.74) is 0. The third kappa shape index (κ3) is 3.53. The maximum atomic E-state index is 12.4. The Hall–Kier alpha value is -0.960. The van der Waals surface area contributed by atoms with Crippen LogP contribution in [0.3, 0.4) is 0 Å². The lowest BCUT2D eigenvalue weighted by molar-refractivity contribution is 0.0702. The molecule has 0 spiro atoms. The summed E-state index contributed by atoms with van der Waals surface area (Å²) < 4.78 is 31.1. The normalized spacial score (nSPS) is 13.7. The lowest BCUT2D eigenvalue weighted by Crippen LogP contribution is -2.40. The zero-order chi connectivity index (χ0) is 14.6. The van der Waals surface area contributed by atoms with E-state index >= 15 is 0 Å². The number of hydrogen-bond acceptors (Lipinski definition) is 5. The molecule has 0 saturated carbocycles. The fourth-order valence-corrected chi connectivity index (χ4v) is 4.47. The first-order valence-corrected chi connectivity index (χ1v) is 7.99. The number of nitrogens with zero attached hydrogens (tertiary/aromatic N) is 1. The Morgan fingerprint density at radius 2 is 2.21 bits per heavy atom. The number of rotatable bonds is 7. The first-order valence-electron chi connectivity index (χ1n) is 5.67. The lowest BCUT2D eigenvalue weighted by Gasteiger charge is -2.26. The quantitative estimate of drug-likeness (QED) is 0.825. The van der Waals surface area contributed by atoms with E-state index in [0.29, 0.717) is 6.54 Å². The molecular weight excluding hydrogens is 290 g/mol. The molecule has 0 radical (unpaired) electrons. The zero-order valence-corrected chi connectivity index (χ0v) is 12.6. The van der Waals surface area contributed by atoms with E-state index in [1.165, 1.54) is 22.9 Å². The molecule has 1 heterocycles. The summed E-state index contributed by atoms with van der Waals surface area (Å²) in [6.07, 6.45) is 0. The van der Waals surface area contributed by atoms with Crippen LogP contribution < -0.4 is 0 Å². The number of likely N-dealkylation sites (N-methyl/N-ethyl adjacent to an activating group) is 1. The van der Waals surface area contributed by atoms with Crippen LogP contribution in [0.4, 0.5) is 0 Å². The molecule has 1 aromatic rings. The topological polar surface area (TPSA) is 83.9 Å². The van der Waals surface area contributed by atoms with E-state index in [0.717, 1.165) is 11.3 Å². The number of carboxylic acids is 1. The van der Waals surface area contributed by atoms with Gasteiger partial charge in [-0.1, -0.05) is 6.92 Å². The van der Waals surface area contributed by atoms with Crippen molar-refractivity contribution in [3.05, 3.63) is 16.3 Å². The Balaban J connectivity index is 3.09. The highest BCUT2D eigenvalue weighted by molar-refractivity contribution is 7.89. The lowest BCUT2D eigenvalue weighted by atomic mass is 10.4. The average Bonchev–Trinajstić information content (AvgIpc) is 2.79. The van der Waals surface area contributed by atoms with Gasteiger partial charge in [-0.3, -0.25) is 0 Å². The largest absolute Gasteiger partial charge is 0.477 e. The highest BCUT2D eigenvalue weighted by Gasteiger charge is 2.29. The van der Waals surface area contributed by atoms with Gasteiger partial charge in [0.2, 0.25) is 10.0 Å². The highest BCUT2D eigenvalue weighted by atomic mass is 32.2. The summed E-state index contributed by atoms with van der Waals surface area (Å²) in [5.74, 6) is -1.13. The van der Waals surface area contributed by atoms with Gasteiger partial charge in [0.25, 0.3) is 0 Å². The van der Waals surface area contributed by atoms with Gasteiger partial charge in [-0.2, -0.15) is 4.31 Å². The second kappa shape index (κ2) is 6.47. The molecule has 1 N–H and O–H groups in total. The number of sulfonamides is 1. The maximum absolute atomic E-state index is 12.4. The Kier molecular flexibility index (Phi) is 5.48. The average molecular weight is 307 g/mol. The van der Waals surface area contributed by atoms with Crippen LogP contribution in [0.2, 0.25) is 0 Å². The summed E-state index contributed by atoms with van der Waals surface area (Å²) in [5, 5.41) is 10.2. The van der Waals surface area contributed by atoms with E-state index in [9.17, 15) is 13.2 Å². The van der Waals surface area contributed by atoms with Gasteiger partial charge in [0.1, 0.15) is 4.88 Å². The molecule has 1 rings (SSSR count). The van der Waals surface area contributed by atoms with E-state index in [2.05, 4.69) is 0 Å². The van der Waals surface area contributed by atoms with Crippen molar-refractivity contribution in [3.63, 3.8) is 0 Å². The molecule has 0 saturated heterocycles. The molecule has 1 atom stereocenters. The van der Waals surface area contributed by atoms with Crippen molar-refractivity contribution in [2.45, 2.75) is 24.8 Å². The third-order valence-corrected chi connectivity index (χ3v) is 5.74. The molecule has 0 amide bonds. The molecule has 0 aliphatic carbocycles. The predicted octanol–water partition coefficient (Wildman–Crippen LogP) is 1.49. The summed E-state index contributed by atoms with van der Waals surface area (Å²) in [7, 11) is -2.18. The Morgan fingerprint density at radius 3 is 2.63 bits per heavy atom. The summed E-state index contributed by atoms with van der Waals surface area (Å²) >= 11 is 0.901. The Morgan fingerprint density at radius 1 is 1.58 bits per heavy atom. The van der Waals surface area contributed by atoms with Crippen molar-refractivity contribution in [1.82, 2.24) is 4.31 Å². The van der Waals surface area contributed by atoms with Crippen molar-refractivity contribution >= 4 is 27.3 Å². The van der Waals surface area contributed by atoms with E-state index < -0.39 is 16.0 Å². The molecule has 19 heavy (non-hydrogen) atoms. The first-order chi connectivity index (χ1) is 8.84. The number of hydrogen-bond donors (Lipinski definition) is 1. The van der Waals surface area contributed by atoms with E-state index in [1.54, 1.807) is 13.8 Å². The van der Waals surface area contributed by atoms with Gasteiger partial charge < -0.3 is 9.84 Å². The van der Waals surface area contributed by atoms with Gasteiger partial charge in [0, 0.05) is 25.1 Å². The van der Waals surface area contributed by atoms with Crippen molar-refractivity contribution < 1.29 is 23.1 Å². The number of methoxy groups -OCH3 is 1. The molecule has 0 bridgehead atoms. The number of aromatic carboxylic acids is 1. The predicted molar refractivity (Wildman–Crippen MR) is 72.2 cm³/mol. The number of carbonyl (C=O) groups is 1. The molecule has 6 nitrogen and oxygen atoms in total. The molecule has 108 valence electrons. The second-order valence-electron chi connectivity index (χ2n) is 3.96. The van der Waals surface area contributed by atoms with Crippen LogP contribution in [-0.4, -0.2) is 50.1 Å². The van der Waals surface area contributed by atoms with Crippen LogP contribution in [0.15, 0.2) is 16.3 Å². The van der Waals surface area contributed by atoms with Crippen molar-refractivity contribution in [2.24, 2.45) is 0 Å². The van der Waals surface area contributed by atoms with Gasteiger partial charge in [-0.15, -0.1) is 11.3 Å². The molecule has 1 unspecified atom stereocenters. The zero-order valence-electron chi connectivity index (χ0n) is 11.0. The molecule has 8 heteroatoms. The standard InChI is InChI=1S/C11H17NO5S2/c1-4-12(8(2)6-17-3)19(15,16)9-5-10(11(13)14)18-7-9/h5,7-8H,4,6H2,1-3H3,(H,13,14). The second-order valence-corrected chi connectivity index (χ2v) is 6.77. The highest BCUT2D eigenvalue weighted by Crippen LogP contribution is 2.24. The molecule has 1 aromatic heterocycles. The first kappa shape index (κ1) is 16.1. The van der Waals surface area contributed by atoms with Crippen LogP contribution in [-0.2, 0) is 14.8 Å². The van der Waals surface area contributed by atoms with Crippen LogP contribution in [0.1, 0.15) is 23.5 Å².